The minimum Gasteiger partial charge on any atom is -0.356 e. The highest BCUT2D eigenvalue weighted by Crippen LogP contribution is 2.63. The van der Waals surface area contributed by atoms with Gasteiger partial charge in [-0.25, -0.2) is 4.39 Å². The molecule has 1 aliphatic heterocycles. The number of aryl methyl sites for hydroxylation is 1. The van der Waals surface area contributed by atoms with Crippen LogP contribution in [0.15, 0.2) is 59.3 Å². The van der Waals surface area contributed by atoms with E-state index in [9.17, 15) is 14.1 Å². The Balaban J connectivity index is 1.29. The summed E-state index contributed by atoms with van der Waals surface area (Å²) in [5, 5.41) is 6.68. The minimum atomic E-state index is -2.90. The molecule has 3 aromatic rings. The van der Waals surface area contributed by atoms with Crippen molar-refractivity contribution in [3.05, 3.63) is 71.7 Å². The largest absolute Gasteiger partial charge is 0.413 e. The summed E-state index contributed by atoms with van der Waals surface area (Å²) in [7, 11) is -2.90. The first kappa shape index (κ1) is 23.5. The lowest BCUT2D eigenvalue weighted by atomic mass is 9.97. The zero-order valence-corrected chi connectivity index (χ0v) is 19.5. The molecule has 1 fully saturated rings. The van der Waals surface area contributed by atoms with Crippen LogP contribution < -0.4 is 5.32 Å². The molecule has 2 heterocycles. The second kappa shape index (κ2) is 9.69. The van der Waals surface area contributed by atoms with Crippen molar-refractivity contribution in [3.63, 3.8) is 0 Å². The van der Waals surface area contributed by atoms with Gasteiger partial charge >= 0.3 is 7.94 Å². The summed E-state index contributed by atoms with van der Waals surface area (Å²) in [5.41, 5.74) is 2.91. The molecule has 9 heteroatoms. The Hall–Kier alpha value is -2.64. The highest BCUT2D eigenvalue weighted by atomic mass is 31.2. The van der Waals surface area contributed by atoms with Crippen LogP contribution in [0.1, 0.15) is 31.4 Å². The van der Waals surface area contributed by atoms with Gasteiger partial charge in [-0.1, -0.05) is 31.1 Å². The third-order valence-corrected chi connectivity index (χ3v) is 7.14. The van der Waals surface area contributed by atoms with E-state index in [4.69, 9.17) is 13.6 Å². The molecule has 1 aromatic heterocycles. The van der Waals surface area contributed by atoms with E-state index in [-0.39, 0.29) is 23.6 Å². The molecule has 1 aliphatic rings. The average molecular weight is 473 g/mol. The number of hydrogen-bond donors (Lipinski definition) is 2. The fourth-order valence-electron chi connectivity index (χ4n) is 3.39. The molecule has 2 aromatic carbocycles. The van der Waals surface area contributed by atoms with Crippen LogP contribution in [-0.4, -0.2) is 29.2 Å². The van der Waals surface area contributed by atoms with Gasteiger partial charge in [0.15, 0.2) is 11.9 Å². The number of hydrogen-bond acceptors (Lipinski definition) is 6. The third-order valence-electron chi connectivity index (χ3n) is 5.31. The number of carbonyl (C=O) groups is 1. The normalized spacial score (nSPS) is 17.0. The van der Waals surface area contributed by atoms with Gasteiger partial charge in [0.25, 0.3) is 0 Å². The molecule has 1 saturated heterocycles. The molecule has 0 saturated carbocycles. The number of benzene rings is 2. The van der Waals surface area contributed by atoms with Crippen LogP contribution in [0.5, 0.6) is 0 Å². The van der Waals surface area contributed by atoms with Gasteiger partial charge < -0.3 is 9.84 Å². The first-order chi connectivity index (χ1) is 15.7. The maximum Gasteiger partial charge on any atom is 0.413 e. The Bertz CT molecular complexity index is 1090. The van der Waals surface area contributed by atoms with Gasteiger partial charge in [0.2, 0.25) is 5.91 Å². The molecule has 2 N–H and O–H groups in total. The van der Waals surface area contributed by atoms with Crippen molar-refractivity contribution >= 4 is 19.5 Å². The van der Waals surface area contributed by atoms with E-state index >= 15 is 0 Å². The van der Waals surface area contributed by atoms with E-state index in [1.807, 2.05) is 26.0 Å². The lowest BCUT2D eigenvalue weighted by Crippen LogP contribution is -2.31. The summed E-state index contributed by atoms with van der Waals surface area (Å²) in [6.45, 7) is 4.97. The predicted molar refractivity (Wildman–Crippen MR) is 124 cm³/mol. The van der Waals surface area contributed by atoms with E-state index in [1.165, 1.54) is 12.1 Å². The highest BCUT2D eigenvalue weighted by Gasteiger charge is 2.48. The summed E-state index contributed by atoms with van der Waals surface area (Å²) in [6.07, 6.45) is 2.55. The van der Waals surface area contributed by atoms with Crippen LogP contribution in [0.4, 0.5) is 10.1 Å². The van der Waals surface area contributed by atoms with Crippen LogP contribution in [-0.2, 0) is 26.4 Å². The number of aromatic nitrogens is 1. The molecule has 0 unspecified atom stereocenters. The molecule has 174 valence electrons. The number of rotatable bonds is 7. The molecule has 7 nitrogen and oxygen atoms in total. The summed E-state index contributed by atoms with van der Waals surface area (Å²) >= 11 is 0. The molecule has 0 aliphatic carbocycles. The van der Waals surface area contributed by atoms with Crippen molar-refractivity contribution in [2.24, 2.45) is 5.41 Å². The highest BCUT2D eigenvalue weighted by molar-refractivity contribution is 7.59. The second-order valence-corrected chi connectivity index (χ2v) is 11.0. The topological polar surface area (TPSA) is 93.8 Å². The van der Waals surface area contributed by atoms with Crippen molar-refractivity contribution in [2.75, 3.05) is 18.5 Å². The Kier molecular flexibility index (Phi) is 6.91. The van der Waals surface area contributed by atoms with Crippen molar-refractivity contribution in [1.29, 1.82) is 0 Å². The van der Waals surface area contributed by atoms with Crippen LogP contribution in [0.25, 0.3) is 11.3 Å². The average Bonchev–Trinajstić information content (AvgIpc) is 3.25. The first-order valence-electron chi connectivity index (χ1n) is 10.7. The minimum absolute atomic E-state index is 0.104. The summed E-state index contributed by atoms with van der Waals surface area (Å²) < 4.78 is 29.7. The summed E-state index contributed by atoms with van der Waals surface area (Å²) in [5.74, 6) is 0.0502. The van der Waals surface area contributed by atoms with Crippen molar-refractivity contribution in [1.82, 2.24) is 5.16 Å². The molecule has 1 amide bonds. The quantitative estimate of drug-likeness (QED) is 0.448. The van der Waals surface area contributed by atoms with Crippen molar-refractivity contribution < 1.29 is 27.6 Å². The number of nitrogens with one attached hydrogen (secondary N) is 1. The number of anilines is 1. The van der Waals surface area contributed by atoms with E-state index < -0.39 is 7.94 Å². The molecule has 0 bridgehead atoms. The van der Waals surface area contributed by atoms with E-state index in [1.54, 1.807) is 30.5 Å². The van der Waals surface area contributed by atoms with Gasteiger partial charge in [-0.3, -0.25) is 4.79 Å². The van der Waals surface area contributed by atoms with Gasteiger partial charge in [0, 0.05) is 28.7 Å². The van der Waals surface area contributed by atoms with Gasteiger partial charge in [0.1, 0.15) is 19.0 Å². The van der Waals surface area contributed by atoms with Crippen LogP contribution in [0, 0.1) is 11.2 Å². The fraction of sp³-hybridized carbons (Fsp3) is 0.333. The molecule has 4 rings (SSSR count). The third kappa shape index (κ3) is 6.24. The number of halogens is 1. The van der Waals surface area contributed by atoms with E-state index in [2.05, 4.69) is 10.5 Å². The lowest BCUT2D eigenvalue weighted by Gasteiger charge is -2.31. The Morgan fingerprint density at radius 1 is 1.12 bits per heavy atom. The summed E-state index contributed by atoms with van der Waals surface area (Å²) in [6, 6.07) is 13.2. The maximum atomic E-state index is 13.2. The number of carbonyl (C=O) groups excluding carboxylic acids is 1. The summed E-state index contributed by atoms with van der Waals surface area (Å²) in [4.78, 5) is 23.0. The molecule has 0 radical (unpaired) electrons. The van der Waals surface area contributed by atoms with Crippen molar-refractivity contribution in [2.45, 2.75) is 32.9 Å². The molecular weight excluding hydrogens is 446 g/mol. The molecule has 33 heavy (non-hydrogen) atoms. The Labute approximate surface area is 192 Å². The van der Waals surface area contributed by atoms with E-state index in [0.29, 0.717) is 42.8 Å². The van der Waals surface area contributed by atoms with Crippen LogP contribution >= 0.6 is 7.94 Å². The predicted octanol–water partition coefficient (Wildman–Crippen LogP) is 5.38. The van der Waals surface area contributed by atoms with E-state index in [0.717, 1.165) is 11.1 Å². The fourth-order valence-corrected chi connectivity index (χ4v) is 5.43. The standard InChI is InChI=1S/C24H26FN2O5P/c1-24(2)15-30-33(29,31-16-24)14-17-3-10-21(11-4-17)27-22(28)12-7-19-13-26-32-23(19)18-5-8-20(25)9-6-18/h3-6,8-11,13,29H,7,12,14-16H2,1-2H3/p+1. The molecule has 0 atom stereocenters. The SMILES string of the molecule is CC1(C)CO[P+](O)(Cc2ccc(NC(=O)CCc3cnoc3-c3ccc(F)cc3)cc2)OC1. The van der Waals surface area contributed by atoms with Gasteiger partial charge in [-0.2, -0.15) is 13.9 Å². The Morgan fingerprint density at radius 2 is 1.79 bits per heavy atom. The molecular formula is C24H27FN2O5P+. The zero-order valence-electron chi connectivity index (χ0n) is 18.6. The monoisotopic (exact) mass is 473 g/mol. The smallest absolute Gasteiger partial charge is 0.356 e. The lowest BCUT2D eigenvalue weighted by molar-refractivity contribution is -0.116. The maximum absolute atomic E-state index is 13.2. The van der Waals surface area contributed by atoms with Crippen LogP contribution in [0.2, 0.25) is 0 Å². The second-order valence-electron chi connectivity index (χ2n) is 8.94. The van der Waals surface area contributed by atoms with Crippen molar-refractivity contribution in [3.8, 4) is 11.3 Å². The molecule has 0 spiro atoms. The number of amides is 1. The first-order valence-corrected chi connectivity index (χ1v) is 12.5. The van der Waals surface area contributed by atoms with Crippen LogP contribution in [0.3, 0.4) is 0 Å². The zero-order chi connectivity index (χ0) is 23.5. The van der Waals surface area contributed by atoms with Gasteiger partial charge in [-0.05, 0) is 48.4 Å². The van der Waals surface area contributed by atoms with Gasteiger partial charge in [-0.15, -0.1) is 0 Å². The number of nitrogens with zero attached hydrogens (tertiary/aromatic N) is 1. The van der Waals surface area contributed by atoms with Gasteiger partial charge in [0.05, 0.1) is 6.20 Å². The Morgan fingerprint density at radius 3 is 2.45 bits per heavy atom.